The Labute approximate surface area is 184 Å². The molecule has 0 atom stereocenters. The van der Waals surface area contributed by atoms with Crippen LogP contribution in [-0.2, 0) is 4.79 Å². The summed E-state index contributed by atoms with van der Waals surface area (Å²) in [4.78, 5) is 16.3. The molecule has 1 aliphatic carbocycles. The summed E-state index contributed by atoms with van der Waals surface area (Å²) in [6.07, 6.45) is 8.50. The van der Waals surface area contributed by atoms with Crippen LogP contribution in [0.2, 0.25) is 0 Å². The topological polar surface area (TPSA) is 85.1 Å². The molecule has 0 aliphatic heterocycles. The molecule has 4 aromatic rings. The molecule has 156 valence electrons. The van der Waals surface area contributed by atoms with E-state index in [1.54, 1.807) is 28.7 Å². The first-order chi connectivity index (χ1) is 15.3. The van der Waals surface area contributed by atoms with E-state index < -0.39 is 0 Å². The number of anilines is 1. The number of fused-ring (bicyclic) bond motifs is 1. The number of nitrogens with one attached hydrogen (secondary N) is 1. The average molecular weight is 431 g/mol. The van der Waals surface area contributed by atoms with E-state index in [4.69, 9.17) is 5.10 Å². The minimum absolute atomic E-state index is 0.0516. The van der Waals surface area contributed by atoms with Gasteiger partial charge in [0.2, 0.25) is 5.91 Å². The molecular formula is C23H22N6OS. The standard InChI is InChI=1S/C23H22N6OS/c30-22(15-31-19-3-1-2-4-19)25-18-7-5-16(6-8-18)20-9-10-21-26-27-23(29(21)28-20)17-11-13-24-14-12-17/h5-14,19H,1-4,15H2,(H,25,30). The largest absolute Gasteiger partial charge is 0.325 e. The summed E-state index contributed by atoms with van der Waals surface area (Å²) in [7, 11) is 0. The van der Waals surface area contributed by atoms with Gasteiger partial charge in [-0.2, -0.15) is 9.61 Å². The van der Waals surface area contributed by atoms with E-state index in [0.29, 0.717) is 22.5 Å². The summed E-state index contributed by atoms with van der Waals surface area (Å²) in [5.41, 5.74) is 4.13. The van der Waals surface area contributed by atoms with Crippen LogP contribution in [0.3, 0.4) is 0 Å². The molecule has 3 aromatic heterocycles. The minimum Gasteiger partial charge on any atom is -0.325 e. The highest BCUT2D eigenvalue weighted by molar-refractivity contribution is 8.00. The van der Waals surface area contributed by atoms with Crippen LogP contribution in [0.5, 0.6) is 0 Å². The molecule has 8 heteroatoms. The van der Waals surface area contributed by atoms with Gasteiger partial charge in [0, 0.05) is 34.5 Å². The fourth-order valence-electron chi connectivity index (χ4n) is 3.79. The van der Waals surface area contributed by atoms with Gasteiger partial charge in [0.15, 0.2) is 11.5 Å². The Hall–Kier alpha value is -3.26. The van der Waals surface area contributed by atoms with E-state index in [2.05, 4.69) is 20.5 Å². The molecule has 0 bridgehead atoms. The molecular weight excluding hydrogens is 408 g/mol. The SMILES string of the molecule is O=C(CSC1CCCC1)Nc1ccc(-c2ccc3nnc(-c4ccncc4)n3n2)cc1. The quantitative estimate of drug-likeness (QED) is 0.486. The Morgan fingerprint density at radius 2 is 1.74 bits per heavy atom. The molecule has 3 heterocycles. The lowest BCUT2D eigenvalue weighted by Crippen LogP contribution is -2.15. The molecule has 1 aliphatic rings. The molecule has 0 unspecified atom stereocenters. The van der Waals surface area contributed by atoms with Gasteiger partial charge >= 0.3 is 0 Å². The van der Waals surface area contributed by atoms with Crippen molar-refractivity contribution in [3.8, 4) is 22.6 Å². The van der Waals surface area contributed by atoms with Crippen LogP contribution in [0.1, 0.15) is 25.7 Å². The zero-order valence-electron chi connectivity index (χ0n) is 16.9. The van der Waals surface area contributed by atoms with Crippen molar-refractivity contribution in [3.63, 3.8) is 0 Å². The molecule has 31 heavy (non-hydrogen) atoms. The number of benzene rings is 1. The summed E-state index contributed by atoms with van der Waals surface area (Å²) in [6, 6.07) is 15.3. The Morgan fingerprint density at radius 3 is 2.52 bits per heavy atom. The lowest BCUT2D eigenvalue weighted by molar-refractivity contribution is -0.113. The van der Waals surface area contributed by atoms with Gasteiger partial charge < -0.3 is 5.32 Å². The second-order valence-corrected chi connectivity index (χ2v) is 8.88. The molecule has 0 spiro atoms. The third kappa shape index (κ3) is 4.44. The molecule has 1 N–H and O–H groups in total. The van der Waals surface area contributed by atoms with Gasteiger partial charge in [0.25, 0.3) is 0 Å². The van der Waals surface area contributed by atoms with Gasteiger partial charge in [0.1, 0.15) is 0 Å². The minimum atomic E-state index is 0.0516. The van der Waals surface area contributed by atoms with E-state index >= 15 is 0 Å². The van der Waals surface area contributed by atoms with Gasteiger partial charge in [-0.1, -0.05) is 25.0 Å². The molecule has 0 saturated heterocycles. The van der Waals surface area contributed by atoms with E-state index in [-0.39, 0.29) is 5.91 Å². The molecule has 1 fully saturated rings. The number of aromatic nitrogens is 5. The Bertz CT molecular complexity index is 1190. The van der Waals surface area contributed by atoms with Crippen molar-refractivity contribution in [3.05, 3.63) is 60.9 Å². The second-order valence-electron chi connectivity index (χ2n) is 7.59. The van der Waals surface area contributed by atoms with Crippen molar-refractivity contribution < 1.29 is 4.79 Å². The number of carbonyl (C=O) groups excluding carboxylic acids is 1. The normalized spacial score (nSPS) is 14.2. The van der Waals surface area contributed by atoms with Gasteiger partial charge in [-0.3, -0.25) is 9.78 Å². The maximum Gasteiger partial charge on any atom is 0.234 e. The molecule has 7 nitrogen and oxygen atoms in total. The predicted molar refractivity (Wildman–Crippen MR) is 123 cm³/mol. The van der Waals surface area contributed by atoms with Crippen molar-refractivity contribution in [2.75, 3.05) is 11.1 Å². The van der Waals surface area contributed by atoms with Crippen LogP contribution in [0, 0.1) is 0 Å². The van der Waals surface area contributed by atoms with Crippen LogP contribution in [0.25, 0.3) is 28.3 Å². The first-order valence-corrected chi connectivity index (χ1v) is 11.5. The lowest BCUT2D eigenvalue weighted by Gasteiger charge is -2.09. The fraction of sp³-hybridized carbons (Fsp3) is 0.261. The number of hydrogen-bond acceptors (Lipinski definition) is 6. The summed E-state index contributed by atoms with van der Waals surface area (Å²) in [5, 5.41) is 16.8. The number of rotatable bonds is 6. The monoisotopic (exact) mass is 430 g/mol. The molecule has 1 saturated carbocycles. The average Bonchev–Trinajstić information content (AvgIpc) is 3.48. The van der Waals surface area contributed by atoms with Crippen LogP contribution >= 0.6 is 11.8 Å². The Kier molecular flexibility index (Phi) is 5.62. The highest BCUT2D eigenvalue weighted by atomic mass is 32.2. The van der Waals surface area contributed by atoms with E-state index in [1.807, 2.05) is 48.5 Å². The molecule has 1 amide bonds. The van der Waals surface area contributed by atoms with E-state index in [0.717, 1.165) is 22.5 Å². The van der Waals surface area contributed by atoms with Crippen molar-refractivity contribution in [1.82, 2.24) is 24.8 Å². The summed E-state index contributed by atoms with van der Waals surface area (Å²) in [6.45, 7) is 0. The van der Waals surface area contributed by atoms with Crippen molar-refractivity contribution in [2.24, 2.45) is 0 Å². The predicted octanol–water partition coefficient (Wildman–Crippen LogP) is 4.47. The highest BCUT2D eigenvalue weighted by Gasteiger charge is 2.17. The van der Waals surface area contributed by atoms with E-state index in [1.165, 1.54) is 25.7 Å². The number of amides is 1. The van der Waals surface area contributed by atoms with Crippen LogP contribution in [0.15, 0.2) is 60.9 Å². The summed E-state index contributed by atoms with van der Waals surface area (Å²) >= 11 is 1.77. The Balaban J connectivity index is 1.30. The lowest BCUT2D eigenvalue weighted by atomic mass is 10.1. The first kappa shape index (κ1) is 19.7. The number of nitrogens with zero attached hydrogens (tertiary/aromatic N) is 5. The third-order valence-corrected chi connectivity index (χ3v) is 6.79. The Morgan fingerprint density at radius 1 is 0.968 bits per heavy atom. The first-order valence-electron chi connectivity index (χ1n) is 10.4. The van der Waals surface area contributed by atoms with Crippen LogP contribution < -0.4 is 5.32 Å². The van der Waals surface area contributed by atoms with Crippen molar-refractivity contribution >= 4 is 29.0 Å². The maximum atomic E-state index is 12.2. The highest BCUT2D eigenvalue weighted by Crippen LogP contribution is 2.29. The van der Waals surface area contributed by atoms with Crippen LogP contribution in [-0.4, -0.2) is 41.7 Å². The maximum absolute atomic E-state index is 12.2. The van der Waals surface area contributed by atoms with Crippen molar-refractivity contribution in [2.45, 2.75) is 30.9 Å². The number of carbonyl (C=O) groups is 1. The zero-order valence-corrected chi connectivity index (χ0v) is 17.8. The molecule has 1 aromatic carbocycles. The van der Waals surface area contributed by atoms with E-state index in [9.17, 15) is 4.79 Å². The number of pyridine rings is 1. The van der Waals surface area contributed by atoms with Gasteiger partial charge in [-0.25, -0.2) is 0 Å². The third-order valence-electron chi connectivity index (χ3n) is 5.42. The zero-order chi connectivity index (χ0) is 21.0. The summed E-state index contributed by atoms with van der Waals surface area (Å²) < 4.78 is 1.74. The molecule has 5 rings (SSSR count). The molecule has 0 radical (unpaired) electrons. The summed E-state index contributed by atoms with van der Waals surface area (Å²) in [5.74, 6) is 1.23. The number of hydrogen-bond donors (Lipinski definition) is 1. The fourth-order valence-corrected chi connectivity index (χ4v) is 4.92. The van der Waals surface area contributed by atoms with Crippen LogP contribution in [0.4, 0.5) is 5.69 Å². The smallest absolute Gasteiger partial charge is 0.234 e. The number of thioether (sulfide) groups is 1. The van der Waals surface area contributed by atoms with Crippen molar-refractivity contribution in [1.29, 1.82) is 0 Å². The van der Waals surface area contributed by atoms with Gasteiger partial charge in [0.05, 0.1) is 11.4 Å². The van der Waals surface area contributed by atoms with Gasteiger partial charge in [-0.05, 0) is 49.2 Å². The van der Waals surface area contributed by atoms with Gasteiger partial charge in [-0.15, -0.1) is 22.0 Å². The second kappa shape index (κ2) is 8.85.